The quantitative estimate of drug-likeness (QED) is 0.364. The van der Waals surface area contributed by atoms with Gasteiger partial charge in [-0.25, -0.2) is 19.7 Å². The number of hydrogen-bond acceptors (Lipinski definition) is 7. The number of benzene rings is 2. The van der Waals surface area contributed by atoms with Gasteiger partial charge >= 0.3 is 6.03 Å². The van der Waals surface area contributed by atoms with Crippen LogP contribution in [0.2, 0.25) is 5.02 Å². The summed E-state index contributed by atoms with van der Waals surface area (Å²) in [7, 11) is 1.65. The monoisotopic (exact) mass is 533 g/mol. The fourth-order valence-corrected chi connectivity index (χ4v) is 5.45. The maximum absolute atomic E-state index is 13.0. The maximum Gasteiger partial charge on any atom is 0.322 e. The van der Waals surface area contributed by atoms with Crippen molar-refractivity contribution < 1.29 is 14.3 Å². The molecule has 11 heteroatoms. The molecule has 196 valence electrons. The Balaban J connectivity index is 1.11. The third-order valence-electron chi connectivity index (χ3n) is 7.18. The fraction of sp³-hybridized carbons (Fsp3) is 0.333. The van der Waals surface area contributed by atoms with Gasteiger partial charge in [0, 0.05) is 37.4 Å². The highest BCUT2D eigenvalue weighted by Crippen LogP contribution is 2.35. The largest absolute Gasteiger partial charge is 0.497 e. The molecule has 0 unspecified atom stereocenters. The van der Waals surface area contributed by atoms with Gasteiger partial charge < -0.3 is 29.6 Å². The molecule has 1 saturated heterocycles. The molecule has 0 spiro atoms. The van der Waals surface area contributed by atoms with Gasteiger partial charge in [-0.15, -0.1) is 0 Å². The molecule has 4 heterocycles. The number of nitrogens with zero attached hydrogens (tertiary/aromatic N) is 5. The summed E-state index contributed by atoms with van der Waals surface area (Å²) in [5.41, 5.74) is 3.46. The number of urea groups is 1. The summed E-state index contributed by atoms with van der Waals surface area (Å²) in [6.45, 7) is 4.09. The fourth-order valence-electron chi connectivity index (χ4n) is 5.21. The lowest BCUT2D eigenvalue weighted by molar-refractivity contribution is 0.177. The molecule has 2 amide bonds. The van der Waals surface area contributed by atoms with Crippen molar-refractivity contribution in [1.82, 2.24) is 24.8 Å². The first-order valence-corrected chi connectivity index (χ1v) is 13.0. The number of halogens is 1. The Morgan fingerprint density at radius 2 is 1.92 bits per heavy atom. The molecule has 6 rings (SSSR count). The number of nitrogens with one attached hydrogen (secondary N) is 2. The Kier molecular flexibility index (Phi) is 6.40. The Bertz CT molecular complexity index is 1500. The first-order valence-electron chi connectivity index (χ1n) is 12.6. The number of carbonyl (C=O) groups is 1. The zero-order valence-electron chi connectivity index (χ0n) is 21.2. The van der Waals surface area contributed by atoms with Crippen LogP contribution in [0.3, 0.4) is 0 Å². The summed E-state index contributed by atoms with van der Waals surface area (Å²) in [5, 5.41) is 3.51. The Morgan fingerprint density at radius 1 is 1.08 bits per heavy atom. The van der Waals surface area contributed by atoms with Crippen LogP contribution in [0.4, 0.5) is 16.3 Å². The number of methoxy groups -OCH3 is 1. The summed E-state index contributed by atoms with van der Waals surface area (Å²) < 4.78 is 11.4. The second-order valence-corrected chi connectivity index (χ2v) is 9.91. The second-order valence-electron chi connectivity index (χ2n) is 9.53. The van der Waals surface area contributed by atoms with Crippen LogP contribution in [-0.2, 0) is 6.42 Å². The topological polar surface area (TPSA) is 108 Å². The molecule has 0 atom stereocenters. The Labute approximate surface area is 224 Å². The van der Waals surface area contributed by atoms with Crippen molar-refractivity contribution in [3.63, 3.8) is 0 Å². The number of fused-ring (bicyclic) bond motifs is 2. The average Bonchev–Trinajstić information content (AvgIpc) is 3.24. The molecule has 2 N–H and O–H groups in total. The first kappa shape index (κ1) is 24.3. The van der Waals surface area contributed by atoms with Crippen molar-refractivity contribution in [2.75, 3.05) is 37.0 Å². The van der Waals surface area contributed by atoms with Crippen LogP contribution in [-0.4, -0.2) is 63.7 Å². The molecule has 10 nitrogen and oxygen atoms in total. The molecule has 2 aromatic carbocycles. The predicted molar refractivity (Wildman–Crippen MR) is 146 cm³/mol. The van der Waals surface area contributed by atoms with Gasteiger partial charge in [-0.2, -0.15) is 0 Å². The van der Waals surface area contributed by atoms with Gasteiger partial charge in [0.25, 0.3) is 0 Å². The van der Waals surface area contributed by atoms with E-state index in [4.69, 9.17) is 21.1 Å². The highest BCUT2D eigenvalue weighted by atomic mass is 35.5. The van der Waals surface area contributed by atoms with Gasteiger partial charge in [0.2, 0.25) is 5.88 Å². The van der Waals surface area contributed by atoms with Crippen LogP contribution in [0.1, 0.15) is 24.2 Å². The summed E-state index contributed by atoms with van der Waals surface area (Å²) in [4.78, 5) is 33.5. The van der Waals surface area contributed by atoms with Crippen LogP contribution in [0, 0.1) is 6.92 Å². The number of anilines is 2. The van der Waals surface area contributed by atoms with Crippen molar-refractivity contribution in [2.45, 2.75) is 32.2 Å². The number of piperidine rings is 1. The number of aryl methyl sites for hydroxylation is 1. The lowest BCUT2D eigenvalue weighted by Crippen LogP contribution is -2.49. The molecular formula is C27H28ClN7O3. The Hall–Kier alpha value is -4.05. The van der Waals surface area contributed by atoms with Gasteiger partial charge in [0.15, 0.2) is 0 Å². The van der Waals surface area contributed by atoms with E-state index in [9.17, 15) is 4.79 Å². The summed E-state index contributed by atoms with van der Waals surface area (Å²) >= 11 is 6.55. The molecule has 0 aliphatic carbocycles. The smallest absolute Gasteiger partial charge is 0.322 e. The molecule has 2 aliphatic heterocycles. The molecule has 2 aliphatic rings. The molecule has 0 radical (unpaired) electrons. The third-order valence-corrected chi connectivity index (χ3v) is 7.55. The van der Waals surface area contributed by atoms with Crippen molar-refractivity contribution in [3.8, 4) is 17.4 Å². The van der Waals surface area contributed by atoms with E-state index < -0.39 is 0 Å². The van der Waals surface area contributed by atoms with Gasteiger partial charge in [-0.3, -0.25) is 0 Å². The second kappa shape index (κ2) is 10.0. The van der Waals surface area contributed by atoms with Crippen molar-refractivity contribution in [1.29, 1.82) is 0 Å². The van der Waals surface area contributed by atoms with E-state index in [2.05, 4.69) is 30.2 Å². The van der Waals surface area contributed by atoms with E-state index in [-0.39, 0.29) is 12.1 Å². The zero-order valence-corrected chi connectivity index (χ0v) is 22.0. The van der Waals surface area contributed by atoms with Gasteiger partial charge in [-0.05, 0) is 62.1 Å². The van der Waals surface area contributed by atoms with Crippen molar-refractivity contribution in [2.24, 2.45) is 0 Å². The van der Waals surface area contributed by atoms with Gasteiger partial charge in [-0.1, -0.05) is 11.6 Å². The van der Waals surface area contributed by atoms with E-state index in [1.54, 1.807) is 13.2 Å². The number of aromatic amines is 1. The van der Waals surface area contributed by atoms with Crippen LogP contribution >= 0.6 is 11.6 Å². The molecule has 0 bridgehead atoms. The van der Waals surface area contributed by atoms with E-state index in [1.807, 2.05) is 42.2 Å². The minimum atomic E-state index is -0.0500. The molecule has 38 heavy (non-hydrogen) atoms. The summed E-state index contributed by atoms with van der Waals surface area (Å²) in [6, 6.07) is 11.4. The number of H-pyrrole nitrogens is 1. The van der Waals surface area contributed by atoms with Crippen LogP contribution in [0.25, 0.3) is 11.0 Å². The highest BCUT2D eigenvalue weighted by Gasteiger charge is 2.30. The minimum Gasteiger partial charge on any atom is -0.497 e. The number of ether oxygens (including phenoxy) is 2. The average molecular weight is 534 g/mol. The Morgan fingerprint density at radius 3 is 2.74 bits per heavy atom. The molecule has 4 aromatic rings. The van der Waals surface area contributed by atoms with Gasteiger partial charge in [0.05, 0.1) is 12.6 Å². The summed E-state index contributed by atoms with van der Waals surface area (Å²) in [5.74, 6) is 3.26. The third kappa shape index (κ3) is 4.67. The predicted octanol–water partition coefficient (Wildman–Crippen LogP) is 5.17. The van der Waals surface area contributed by atoms with Crippen LogP contribution in [0.15, 0.2) is 42.7 Å². The number of carbonyl (C=O) groups excluding carboxylic acids is 1. The SMILES string of the molecule is COc1ccc2c(c1)CCN(C1CCN(c3cc(Oc4ccc5[nH]c(C)nc5c4Cl)ncn3)CC1)C(=O)N2. The van der Waals surface area contributed by atoms with Crippen molar-refractivity contribution >= 4 is 40.2 Å². The van der Waals surface area contributed by atoms with Gasteiger partial charge in [0.1, 0.15) is 40.0 Å². The van der Waals surface area contributed by atoms with Crippen molar-refractivity contribution in [3.05, 3.63) is 59.1 Å². The number of hydrogen-bond donors (Lipinski definition) is 2. The number of imidazole rings is 1. The first-order chi connectivity index (χ1) is 18.5. The zero-order chi connectivity index (χ0) is 26.2. The lowest BCUT2D eigenvalue weighted by Gasteiger charge is -2.38. The number of amides is 2. The maximum atomic E-state index is 13.0. The van der Waals surface area contributed by atoms with E-state index >= 15 is 0 Å². The number of aromatic nitrogens is 4. The standard InChI is InChI=1S/C27H28ClN7O3/c1-16-31-21-5-6-22(25(28)26(21)32-16)38-24-14-23(29-15-30-24)34-10-8-18(9-11-34)35-12-7-17-13-19(37-2)3-4-20(17)33-27(35)36/h3-6,13-15,18H,7-12H2,1-2H3,(H,31,32)(H,33,36). The molecule has 2 aromatic heterocycles. The normalized spacial score (nSPS) is 16.2. The molecular weight excluding hydrogens is 506 g/mol. The van der Waals surface area contributed by atoms with E-state index in [0.29, 0.717) is 28.7 Å². The van der Waals surface area contributed by atoms with Crippen LogP contribution in [0.5, 0.6) is 17.4 Å². The van der Waals surface area contributed by atoms with E-state index in [1.165, 1.54) is 6.33 Å². The number of rotatable bonds is 5. The summed E-state index contributed by atoms with van der Waals surface area (Å²) in [6.07, 6.45) is 3.96. The highest BCUT2D eigenvalue weighted by molar-refractivity contribution is 6.36. The minimum absolute atomic E-state index is 0.0500. The molecule has 0 saturated carbocycles. The molecule has 1 fully saturated rings. The van der Waals surface area contributed by atoms with E-state index in [0.717, 1.165) is 66.5 Å². The lowest BCUT2D eigenvalue weighted by atomic mass is 10.0. The van der Waals surface area contributed by atoms with Crippen LogP contribution < -0.4 is 19.7 Å².